The first-order valence-electron chi connectivity index (χ1n) is 1.34. The maximum Gasteiger partial charge on any atom is 0.594 e. The van der Waals surface area contributed by atoms with Crippen LogP contribution in [0.25, 0.3) is 0 Å². The van der Waals surface area contributed by atoms with Crippen molar-refractivity contribution in [1.82, 2.24) is 0 Å². The molecule has 1 aromatic rings. The Hall–Kier alpha value is 0.300. The van der Waals surface area contributed by atoms with Crippen molar-refractivity contribution in [2.45, 2.75) is 0 Å². The second-order valence-corrected chi connectivity index (χ2v) is 3.71. The van der Waals surface area contributed by atoms with Gasteiger partial charge in [-0.1, -0.05) is 13.5 Å². The number of aromatic amines is 3. The summed E-state index contributed by atoms with van der Waals surface area (Å²) in [5.74, 6) is 0. The highest BCUT2D eigenvalue weighted by atomic mass is 31.1. The van der Waals surface area contributed by atoms with Crippen molar-refractivity contribution in [2.24, 2.45) is 0 Å². The molecule has 3 N–H and O–H groups in total. The lowest BCUT2D eigenvalue weighted by molar-refractivity contribution is -0.364. The first-order chi connectivity index (χ1) is 3.00. The molecule has 0 atom stereocenters. The Bertz CT molecular complexity index is 78.0. The predicted octanol–water partition coefficient (Wildman–Crippen LogP) is -0.131. The molecule has 0 unspecified atom stereocenters. The number of aromatic nitrogens is 3. The Labute approximate surface area is 39.9 Å². The zero-order valence-corrected chi connectivity index (χ0v) is 5.52. The Morgan fingerprint density at radius 2 is 1.00 bits per heavy atom. The average molecular weight is 138 g/mol. The standard InChI is InChI=1S/N3P3/c1-4-2-6-3-5-1/p+3. The molecule has 1 rings (SSSR count). The van der Waals surface area contributed by atoms with Gasteiger partial charge in [-0.15, -0.1) is 0 Å². The van der Waals surface area contributed by atoms with Crippen LogP contribution < -0.4 is 13.5 Å². The third-order valence-corrected chi connectivity index (χ3v) is 2.70. The summed E-state index contributed by atoms with van der Waals surface area (Å²) in [5.41, 5.74) is 0. The van der Waals surface area contributed by atoms with E-state index in [4.69, 9.17) is 0 Å². The molecule has 0 aliphatic rings. The van der Waals surface area contributed by atoms with Gasteiger partial charge in [-0.2, -0.15) is 0 Å². The molecule has 30 valence electrons. The Morgan fingerprint density at radius 1 is 0.667 bits per heavy atom. The van der Waals surface area contributed by atoms with E-state index in [9.17, 15) is 0 Å². The summed E-state index contributed by atoms with van der Waals surface area (Å²) < 4.78 is 9.00. The number of nitrogens with one attached hydrogen (secondary N) is 3. The van der Waals surface area contributed by atoms with Gasteiger partial charge in [0.05, 0.1) is 0 Å². The van der Waals surface area contributed by atoms with Gasteiger partial charge >= 0.3 is 25.5 Å². The molecule has 0 saturated carbocycles. The van der Waals surface area contributed by atoms with Crippen LogP contribution in [-0.4, -0.2) is 0 Å². The summed E-state index contributed by atoms with van der Waals surface area (Å²) in [6, 6.07) is 0. The van der Waals surface area contributed by atoms with Crippen LogP contribution in [0.2, 0.25) is 0 Å². The fourth-order valence-corrected chi connectivity index (χ4v) is 2.49. The van der Waals surface area contributed by atoms with Gasteiger partial charge in [0.15, 0.2) is 0 Å². The summed E-state index contributed by atoms with van der Waals surface area (Å²) in [6.45, 7) is 0. The first-order valence-corrected chi connectivity index (χ1v) is 4.02. The van der Waals surface area contributed by atoms with E-state index in [1.807, 2.05) is 0 Å². The summed E-state index contributed by atoms with van der Waals surface area (Å²) in [7, 11) is 3.33. The molecule has 0 amide bonds. The number of H-pyrrole nitrogens is 3. The molecule has 1 aromatic heterocycles. The van der Waals surface area contributed by atoms with Gasteiger partial charge in [0, 0.05) is 0 Å². The Kier molecular flexibility index (Phi) is 1.83. The maximum absolute atomic E-state index is 3.00. The molecule has 0 fully saturated rings. The maximum atomic E-state index is 3.00. The molecular weight excluding hydrogens is 135 g/mol. The van der Waals surface area contributed by atoms with Crippen LogP contribution >= 0.6 is 25.5 Å². The fourth-order valence-electron chi connectivity index (χ4n) is 0.142. The monoisotopic (exact) mass is 138 g/mol. The third kappa shape index (κ3) is 1.18. The lowest BCUT2D eigenvalue weighted by Gasteiger charge is -1.40. The highest BCUT2D eigenvalue weighted by Crippen LogP contribution is 1.78. The molecule has 3 nitrogen and oxygen atoms in total. The summed E-state index contributed by atoms with van der Waals surface area (Å²) in [4.78, 5) is 0. The largest absolute Gasteiger partial charge is 0.594 e. The van der Waals surface area contributed by atoms with Crippen LogP contribution in [0, 0.1) is 0 Å². The minimum atomic E-state index is 1.11. The van der Waals surface area contributed by atoms with Gasteiger partial charge in [0.1, 0.15) is 0 Å². The molecule has 0 aromatic carbocycles. The minimum absolute atomic E-state index is 1.11. The highest BCUT2D eigenvalue weighted by molar-refractivity contribution is 7.29. The smallest absolute Gasteiger partial charge is 0.0646 e. The van der Waals surface area contributed by atoms with E-state index in [1.54, 1.807) is 0 Å². The van der Waals surface area contributed by atoms with Gasteiger partial charge in [0.2, 0.25) is 0 Å². The van der Waals surface area contributed by atoms with E-state index in [2.05, 4.69) is 13.5 Å². The summed E-state index contributed by atoms with van der Waals surface area (Å²) in [6.07, 6.45) is 0. The predicted molar refractivity (Wildman–Crippen MR) is 23.6 cm³/mol. The molecule has 0 saturated heterocycles. The van der Waals surface area contributed by atoms with Crippen LogP contribution in [0.1, 0.15) is 0 Å². The molecule has 6 heavy (non-hydrogen) atoms. The number of hydrogen-bond donors (Lipinski definition) is 0. The number of rotatable bonds is 0. The van der Waals surface area contributed by atoms with Crippen molar-refractivity contribution in [3.63, 3.8) is 0 Å². The highest BCUT2D eigenvalue weighted by Gasteiger charge is 1.93. The lowest BCUT2D eigenvalue weighted by atomic mass is 13.9. The van der Waals surface area contributed by atoms with E-state index >= 15 is 0 Å². The topological polar surface area (TPSA) is 42.4 Å². The van der Waals surface area contributed by atoms with Crippen LogP contribution in [0.5, 0.6) is 0 Å². The zero-order chi connectivity index (χ0) is 4.24. The zero-order valence-electron chi connectivity index (χ0n) is 2.84. The molecule has 0 aliphatic carbocycles. The normalized spacial score (nSPS) is 12.0. The van der Waals surface area contributed by atoms with E-state index < -0.39 is 0 Å². The molecule has 0 spiro atoms. The van der Waals surface area contributed by atoms with Crippen molar-refractivity contribution in [3.8, 4) is 0 Å². The van der Waals surface area contributed by atoms with E-state index in [0.29, 0.717) is 0 Å². The second-order valence-electron chi connectivity index (χ2n) is 0.635. The van der Waals surface area contributed by atoms with Gasteiger partial charge in [-0.25, -0.2) is 0 Å². The Balaban J connectivity index is 3.00. The van der Waals surface area contributed by atoms with Gasteiger partial charge in [-0.3, -0.25) is 0 Å². The van der Waals surface area contributed by atoms with Gasteiger partial charge in [0.25, 0.3) is 0 Å². The van der Waals surface area contributed by atoms with E-state index in [1.165, 1.54) is 0 Å². The fraction of sp³-hybridized carbons (Fsp3) is 0. The summed E-state index contributed by atoms with van der Waals surface area (Å²) >= 11 is 0. The molecule has 1 heterocycles. The average Bonchev–Trinajstić information content (AvgIpc) is 1.72. The molecule has 0 bridgehead atoms. The molecular formula is H3N3P3+3. The third-order valence-electron chi connectivity index (χ3n) is 0.300. The molecule has 0 radical (unpaired) electrons. The molecule has 0 aliphatic heterocycles. The lowest BCUT2D eigenvalue weighted by Crippen LogP contribution is -2.04. The van der Waals surface area contributed by atoms with Crippen molar-refractivity contribution in [1.29, 1.82) is 0 Å². The first kappa shape index (κ1) is 4.46. The van der Waals surface area contributed by atoms with Gasteiger partial charge < -0.3 is 0 Å². The van der Waals surface area contributed by atoms with Crippen LogP contribution in [0.15, 0.2) is 0 Å². The second kappa shape index (κ2) is 2.47. The quantitative estimate of drug-likeness (QED) is 0.479. The van der Waals surface area contributed by atoms with Crippen LogP contribution in [0.3, 0.4) is 0 Å². The summed E-state index contributed by atoms with van der Waals surface area (Å²) in [5, 5.41) is 0. The van der Waals surface area contributed by atoms with Crippen molar-refractivity contribution in [2.75, 3.05) is 0 Å². The van der Waals surface area contributed by atoms with Crippen LogP contribution in [-0.2, 0) is 0 Å². The Morgan fingerprint density at radius 3 is 1.17 bits per heavy atom. The van der Waals surface area contributed by atoms with Crippen molar-refractivity contribution < 1.29 is 13.5 Å². The van der Waals surface area contributed by atoms with Gasteiger partial charge in [-0.05, 0) is 0 Å². The number of hydrogen-bond acceptors (Lipinski definition) is 0. The molecule has 6 heteroatoms. The van der Waals surface area contributed by atoms with E-state index in [-0.39, 0.29) is 0 Å². The van der Waals surface area contributed by atoms with Crippen molar-refractivity contribution in [3.05, 3.63) is 0 Å². The van der Waals surface area contributed by atoms with Crippen LogP contribution in [0.4, 0.5) is 0 Å². The van der Waals surface area contributed by atoms with E-state index in [0.717, 1.165) is 25.5 Å². The minimum Gasteiger partial charge on any atom is -0.0646 e. The SMILES string of the molecule is [nH+]1p[nH+]p[nH+]p1. The van der Waals surface area contributed by atoms with Crippen molar-refractivity contribution >= 4 is 25.5 Å².